The van der Waals surface area contributed by atoms with E-state index in [0.29, 0.717) is 33.8 Å². The maximum atomic E-state index is 11.9. The average molecular weight is 444 g/mol. The molecule has 0 spiro atoms. The Kier molecular flexibility index (Phi) is 5.21. The van der Waals surface area contributed by atoms with Gasteiger partial charge in [-0.1, -0.05) is 36.4 Å². The van der Waals surface area contributed by atoms with Crippen molar-refractivity contribution in [2.24, 2.45) is 0 Å². The Labute approximate surface area is 194 Å². The second-order valence-corrected chi connectivity index (χ2v) is 7.78. The van der Waals surface area contributed by atoms with Crippen molar-refractivity contribution in [3.8, 4) is 28.7 Å². The summed E-state index contributed by atoms with van der Waals surface area (Å²) in [4.78, 5) is 23.0. The molecule has 0 aliphatic rings. The van der Waals surface area contributed by atoms with E-state index in [1.165, 1.54) is 12.1 Å². The van der Waals surface area contributed by atoms with Gasteiger partial charge in [0, 0.05) is 23.3 Å². The molecule has 0 aliphatic carbocycles. The number of nitrogens with zero attached hydrogens (tertiary/aromatic N) is 2. The van der Waals surface area contributed by atoms with E-state index in [1.54, 1.807) is 30.3 Å². The number of nitriles is 1. The van der Waals surface area contributed by atoms with Crippen molar-refractivity contribution in [3.63, 3.8) is 0 Å². The molecule has 5 rings (SSSR count). The van der Waals surface area contributed by atoms with E-state index in [0.717, 1.165) is 27.8 Å². The van der Waals surface area contributed by atoms with Crippen LogP contribution in [0.15, 0.2) is 91.0 Å². The van der Waals surface area contributed by atoms with Gasteiger partial charge in [-0.25, -0.2) is 0 Å². The second kappa shape index (κ2) is 8.49. The van der Waals surface area contributed by atoms with E-state index < -0.39 is 4.92 Å². The van der Waals surface area contributed by atoms with Crippen molar-refractivity contribution in [2.75, 3.05) is 0 Å². The summed E-state index contributed by atoms with van der Waals surface area (Å²) in [5.41, 5.74) is 1.87. The number of hydrogen-bond acceptors (Lipinski definition) is 5. The van der Waals surface area contributed by atoms with Crippen LogP contribution in [0.4, 0.5) is 5.69 Å². The van der Waals surface area contributed by atoms with Gasteiger partial charge in [0.2, 0.25) is 0 Å². The van der Waals surface area contributed by atoms with Gasteiger partial charge in [-0.2, -0.15) is 5.26 Å². The number of nitro groups is 1. The number of fused-ring (bicyclic) bond motifs is 2. The minimum Gasteiger partial charge on any atom is -0.457 e. The number of benzene rings is 5. The number of carbonyl (C=O) groups is 1. The molecule has 6 heteroatoms. The van der Waals surface area contributed by atoms with Crippen LogP contribution in [0.1, 0.15) is 15.9 Å². The van der Waals surface area contributed by atoms with Crippen LogP contribution in [0.3, 0.4) is 0 Å². The zero-order valence-electron chi connectivity index (χ0n) is 17.8. The summed E-state index contributed by atoms with van der Waals surface area (Å²) in [7, 11) is 0. The van der Waals surface area contributed by atoms with Gasteiger partial charge in [0.25, 0.3) is 5.69 Å². The third kappa shape index (κ3) is 3.83. The fraction of sp³-hybridized carbons (Fsp3) is 0. The zero-order chi connectivity index (χ0) is 23.7. The molecule has 6 nitrogen and oxygen atoms in total. The molecular formula is C28H16N2O4. The lowest BCUT2D eigenvalue weighted by atomic mass is 9.95. The van der Waals surface area contributed by atoms with Gasteiger partial charge in [0.05, 0.1) is 16.6 Å². The highest BCUT2D eigenvalue weighted by Gasteiger charge is 2.18. The Morgan fingerprint density at radius 2 is 1.50 bits per heavy atom. The zero-order valence-corrected chi connectivity index (χ0v) is 17.8. The lowest BCUT2D eigenvalue weighted by Crippen LogP contribution is -1.95. The normalized spacial score (nSPS) is 10.7. The smallest absolute Gasteiger partial charge is 0.270 e. The van der Waals surface area contributed by atoms with Crippen molar-refractivity contribution in [2.45, 2.75) is 0 Å². The Morgan fingerprint density at radius 1 is 0.794 bits per heavy atom. The van der Waals surface area contributed by atoms with Gasteiger partial charge in [-0.05, 0) is 69.6 Å². The molecule has 0 amide bonds. The molecule has 0 fully saturated rings. The third-order valence-corrected chi connectivity index (χ3v) is 5.68. The van der Waals surface area contributed by atoms with Crippen LogP contribution in [-0.2, 0) is 0 Å². The second-order valence-electron chi connectivity index (χ2n) is 7.78. The Hall–Kier alpha value is -5.02. The summed E-state index contributed by atoms with van der Waals surface area (Å²) in [6.07, 6.45) is 0.743. The number of non-ortho nitro benzene ring substituents is 1. The van der Waals surface area contributed by atoms with Crippen LogP contribution in [0.5, 0.6) is 11.5 Å². The summed E-state index contributed by atoms with van der Waals surface area (Å²) in [5.74, 6) is 0.915. The highest BCUT2D eigenvalue weighted by atomic mass is 16.6. The van der Waals surface area contributed by atoms with Crippen LogP contribution >= 0.6 is 0 Å². The number of rotatable bonds is 5. The minimum atomic E-state index is -0.474. The van der Waals surface area contributed by atoms with Crippen molar-refractivity contribution in [1.82, 2.24) is 0 Å². The van der Waals surface area contributed by atoms with E-state index >= 15 is 0 Å². The molecule has 0 saturated carbocycles. The quantitative estimate of drug-likeness (QED) is 0.165. The number of nitro benzene ring substituents is 1. The number of ether oxygens (including phenoxy) is 1. The van der Waals surface area contributed by atoms with Gasteiger partial charge in [0.15, 0.2) is 6.29 Å². The average Bonchev–Trinajstić information content (AvgIpc) is 2.87. The van der Waals surface area contributed by atoms with Crippen molar-refractivity contribution >= 4 is 33.5 Å². The standard InChI is InChI=1S/C28H16N2O4/c29-16-18-5-6-22-13-25(9-7-21(22)11-18)34-28-10-8-24(30(32)33)15-27(28)26-14-20-4-2-1-3-19(20)12-23(26)17-31/h1-15,17H. The van der Waals surface area contributed by atoms with Gasteiger partial charge in [-0.15, -0.1) is 0 Å². The first-order valence-electron chi connectivity index (χ1n) is 10.4. The number of carbonyl (C=O) groups excluding carboxylic acids is 1. The van der Waals surface area contributed by atoms with E-state index in [4.69, 9.17) is 10.00 Å². The highest BCUT2D eigenvalue weighted by molar-refractivity contribution is 5.98. The van der Waals surface area contributed by atoms with Crippen LogP contribution in [0.25, 0.3) is 32.7 Å². The van der Waals surface area contributed by atoms with Gasteiger partial charge in [0.1, 0.15) is 11.5 Å². The maximum absolute atomic E-state index is 11.9. The summed E-state index contributed by atoms with van der Waals surface area (Å²) < 4.78 is 6.17. The molecule has 5 aromatic carbocycles. The predicted molar refractivity (Wildman–Crippen MR) is 130 cm³/mol. The van der Waals surface area contributed by atoms with E-state index in [9.17, 15) is 14.9 Å². The van der Waals surface area contributed by atoms with E-state index in [-0.39, 0.29) is 5.69 Å². The molecule has 0 saturated heterocycles. The molecule has 5 aromatic rings. The van der Waals surface area contributed by atoms with Crippen LogP contribution < -0.4 is 4.74 Å². The van der Waals surface area contributed by atoms with E-state index in [2.05, 4.69) is 6.07 Å². The molecule has 0 N–H and O–H groups in total. The first-order chi connectivity index (χ1) is 16.6. The van der Waals surface area contributed by atoms with Crippen LogP contribution in [-0.4, -0.2) is 11.2 Å². The lowest BCUT2D eigenvalue weighted by molar-refractivity contribution is -0.384. The molecule has 0 heterocycles. The summed E-state index contributed by atoms with van der Waals surface area (Å²) >= 11 is 0. The number of hydrogen-bond donors (Lipinski definition) is 0. The van der Waals surface area contributed by atoms with Crippen molar-refractivity contribution in [3.05, 3.63) is 112 Å². The van der Waals surface area contributed by atoms with Gasteiger partial charge in [-0.3, -0.25) is 14.9 Å². The SMILES string of the molecule is N#Cc1ccc2cc(Oc3ccc([N+](=O)[O-])cc3-c3cc4ccccc4cc3C=O)ccc2c1. The fourth-order valence-corrected chi connectivity index (χ4v) is 4.00. The van der Waals surface area contributed by atoms with E-state index in [1.807, 2.05) is 48.5 Å². The molecule has 0 atom stereocenters. The summed E-state index contributed by atoms with van der Waals surface area (Å²) in [6.45, 7) is 0. The van der Waals surface area contributed by atoms with Crippen molar-refractivity contribution < 1.29 is 14.5 Å². The predicted octanol–water partition coefficient (Wildman–Crippen LogP) is 7.04. The molecule has 0 aliphatic heterocycles. The molecular weight excluding hydrogens is 428 g/mol. The molecule has 0 aromatic heterocycles. The third-order valence-electron chi connectivity index (χ3n) is 5.68. The van der Waals surface area contributed by atoms with Gasteiger partial charge < -0.3 is 4.74 Å². The number of aldehydes is 1. The fourth-order valence-electron chi connectivity index (χ4n) is 4.00. The monoisotopic (exact) mass is 444 g/mol. The Morgan fingerprint density at radius 3 is 2.24 bits per heavy atom. The Balaban J connectivity index is 1.65. The maximum Gasteiger partial charge on any atom is 0.270 e. The molecule has 34 heavy (non-hydrogen) atoms. The molecule has 0 radical (unpaired) electrons. The molecule has 0 bridgehead atoms. The molecule has 0 unspecified atom stereocenters. The first kappa shape index (κ1) is 20.9. The first-order valence-corrected chi connectivity index (χ1v) is 10.4. The topological polar surface area (TPSA) is 93.2 Å². The van der Waals surface area contributed by atoms with Gasteiger partial charge >= 0.3 is 0 Å². The minimum absolute atomic E-state index is 0.102. The largest absolute Gasteiger partial charge is 0.457 e. The summed E-state index contributed by atoms with van der Waals surface area (Å²) in [5, 5.41) is 24.2. The summed E-state index contributed by atoms with van der Waals surface area (Å²) in [6, 6.07) is 28.5. The van der Waals surface area contributed by atoms with Crippen LogP contribution in [0, 0.1) is 21.4 Å². The van der Waals surface area contributed by atoms with Crippen LogP contribution in [0.2, 0.25) is 0 Å². The molecule has 162 valence electrons. The highest BCUT2D eigenvalue weighted by Crippen LogP contribution is 2.39. The Bertz CT molecular complexity index is 1650. The van der Waals surface area contributed by atoms with Crippen molar-refractivity contribution in [1.29, 1.82) is 5.26 Å². The lowest BCUT2D eigenvalue weighted by Gasteiger charge is -2.14.